The molecule has 0 bridgehead atoms. The molecule has 19 heteroatoms. The molecule has 0 fully saturated rings. The van der Waals surface area contributed by atoms with Crippen LogP contribution >= 0.6 is 15.6 Å². The number of rotatable bonds is 86. The van der Waals surface area contributed by atoms with Gasteiger partial charge in [-0.2, -0.15) is 0 Å². The molecule has 17 nitrogen and oxygen atoms in total. The highest BCUT2D eigenvalue weighted by atomic mass is 31.2. The number of aliphatic hydroxyl groups is 1. The Kier molecular flexibility index (Phi) is 76.9. The number of ether oxygens (including phenoxy) is 4. The van der Waals surface area contributed by atoms with Crippen molar-refractivity contribution in [3.05, 3.63) is 0 Å². The van der Waals surface area contributed by atoms with Crippen LogP contribution < -0.4 is 0 Å². The van der Waals surface area contributed by atoms with Crippen molar-refractivity contribution < 1.29 is 80.2 Å². The fourth-order valence-electron chi connectivity index (χ4n) is 13.6. The predicted octanol–water partition coefficient (Wildman–Crippen LogP) is 26.6. The van der Waals surface area contributed by atoms with Gasteiger partial charge in [-0.1, -0.05) is 414 Å². The van der Waals surface area contributed by atoms with E-state index in [0.717, 1.165) is 102 Å². The highest BCUT2D eigenvalue weighted by molar-refractivity contribution is 7.47. The van der Waals surface area contributed by atoms with Crippen molar-refractivity contribution in [1.29, 1.82) is 0 Å². The van der Waals surface area contributed by atoms with Crippen LogP contribution in [0.25, 0.3) is 0 Å². The van der Waals surface area contributed by atoms with Crippen LogP contribution in [0.4, 0.5) is 0 Å². The zero-order valence-electron chi connectivity index (χ0n) is 69.7. The van der Waals surface area contributed by atoms with Crippen molar-refractivity contribution in [3.63, 3.8) is 0 Å². The Labute approximate surface area is 651 Å². The number of hydrogen-bond donors (Lipinski definition) is 3. The quantitative estimate of drug-likeness (QED) is 0.0222. The largest absolute Gasteiger partial charge is 0.472 e. The van der Waals surface area contributed by atoms with Gasteiger partial charge in [-0.3, -0.25) is 37.3 Å². The highest BCUT2D eigenvalue weighted by Gasteiger charge is 2.30. The maximum Gasteiger partial charge on any atom is 0.472 e. The zero-order valence-corrected chi connectivity index (χ0v) is 71.5. The lowest BCUT2D eigenvalue weighted by Crippen LogP contribution is -2.30. The van der Waals surface area contributed by atoms with Gasteiger partial charge in [0, 0.05) is 25.7 Å². The Morgan fingerprint density at radius 1 is 0.255 bits per heavy atom. The first-order valence-electron chi connectivity index (χ1n) is 45.0. The molecule has 0 aromatic carbocycles. The lowest BCUT2D eigenvalue weighted by Gasteiger charge is -2.21. The molecule has 0 amide bonds. The minimum Gasteiger partial charge on any atom is -0.462 e. The fraction of sp³-hybridized carbons (Fsp3) is 0.954. The first kappa shape index (κ1) is 104. The van der Waals surface area contributed by atoms with E-state index in [1.54, 1.807) is 0 Å². The Balaban J connectivity index is 5.20. The molecular formula is C87H170O17P2. The first-order valence-corrected chi connectivity index (χ1v) is 48.0. The number of phosphoric ester groups is 2. The van der Waals surface area contributed by atoms with Crippen molar-refractivity contribution in [2.45, 2.75) is 484 Å². The topological polar surface area (TPSA) is 237 Å². The second-order valence-corrected chi connectivity index (χ2v) is 35.1. The third-order valence-electron chi connectivity index (χ3n) is 20.5. The number of carbonyl (C=O) groups excluding carboxylic acids is 4. The number of unbranched alkanes of at least 4 members (excludes halogenated alkanes) is 56. The lowest BCUT2D eigenvalue weighted by atomic mass is 10.0. The average Bonchev–Trinajstić information content (AvgIpc) is 0.884. The molecular weight excluding hydrogens is 1380 g/mol. The maximum atomic E-state index is 13.2. The van der Waals surface area contributed by atoms with E-state index in [9.17, 15) is 43.2 Å². The van der Waals surface area contributed by atoms with E-state index in [-0.39, 0.29) is 25.7 Å². The van der Waals surface area contributed by atoms with Crippen molar-refractivity contribution in [2.75, 3.05) is 39.6 Å². The molecule has 0 heterocycles. The van der Waals surface area contributed by atoms with E-state index < -0.39 is 97.5 Å². The standard InChI is InChI=1S/C87H170O17P2/c1-7-9-11-13-15-17-19-21-23-25-26-31-34-38-42-46-50-57-63-69-84(89)97-75-82(103-86(91)71-65-60-52-48-44-40-36-32-28-27-30-33-37-41-45-49-55-61-67-79(3)4)77-101-105(93,94)99-73-81(88)74-100-106(95,96)102-78-83(76-98-85(90)70-64-58-54-53-56-62-68-80(5)6)104-87(92)72-66-59-51-47-43-39-35-29-24-22-20-18-16-14-12-10-8-2/h79-83,88H,7-78H2,1-6H3,(H,93,94)(H,95,96)/t81-,82-,83-/m1/s1. The normalized spacial score (nSPS) is 13.8. The lowest BCUT2D eigenvalue weighted by molar-refractivity contribution is -0.161. The molecule has 0 aliphatic heterocycles. The van der Waals surface area contributed by atoms with Gasteiger partial charge in [-0.05, 0) is 37.5 Å². The number of esters is 4. The minimum atomic E-state index is -4.97. The van der Waals surface area contributed by atoms with Crippen LogP contribution in [-0.2, 0) is 65.4 Å². The van der Waals surface area contributed by atoms with Gasteiger partial charge in [-0.15, -0.1) is 0 Å². The van der Waals surface area contributed by atoms with Crippen molar-refractivity contribution in [3.8, 4) is 0 Å². The molecule has 0 saturated heterocycles. The smallest absolute Gasteiger partial charge is 0.462 e. The molecule has 106 heavy (non-hydrogen) atoms. The molecule has 2 unspecified atom stereocenters. The molecule has 630 valence electrons. The van der Waals surface area contributed by atoms with Gasteiger partial charge in [0.25, 0.3) is 0 Å². The summed E-state index contributed by atoms with van der Waals surface area (Å²) in [5, 5.41) is 10.7. The van der Waals surface area contributed by atoms with Crippen molar-refractivity contribution in [1.82, 2.24) is 0 Å². The van der Waals surface area contributed by atoms with Gasteiger partial charge in [0.05, 0.1) is 26.4 Å². The summed E-state index contributed by atoms with van der Waals surface area (Å²) in [5.74, 6) is -0.603. The third kappa shape index (κ3) is 80.1. The van der Waals surface area contributed by atoms with E-state index in [0.29, 0.717) is 31.6 Å². The number of phosphoric acid groups is 2. The van der Waals surface area contributed by atoms with Gasteiger partial charge < -0.3 is 33.8 Å². The van der Waals surface area contributed by atoms with Gasteiger partial charge in [0.2, 0.25) is 0 Å². The predicted molar refractivity (Wildman–Crippen MR) is 437 cm³/mol. The molecule has 5 atom stereocenters. The van der Waals surface area contributed by atoms with Crippen LogP contribution in [0.5, 0.6) is 0 Å². The van der Waals surface area contributed by atoms with Gasteiger partial charge >= 0.3 is 39.5 Å². The molecule has 0 rings (SSSR count). The number of carbonyl (C=O) groups is 4. The first-order chi connectivity index (χ1) is 51.4. The molecule has 0 radical (unpaired) electrons. The van der Waals surface area contributed by atoms with E-state index in [4.69, 9.17) is 37.0 Å². The zero-order chi connectivity index (χ0) is 77.8. The summed E-state index contributed by atoms with van der Waals surface area (Å²) in [6.45, 7) is 9.63. The molecule has 0 saturated carbocycles. The van der Waals surface area contributed by atoms with Gasteiger partial charge in [-0.25, -0.2) is 9.13 Å². The summed E-state index contributed by atoms with van der Waals surface area (Å²) < 4.78 is 68.9. The Morgan fingerprint density at radius 3 is 0.642 bits per heavy atom. The number of aliphatic hydroxyl groups excluding tert-OH is 1. The number of hydrogen-bond acceptors (Lipinski definition) is 15. The van der Waals surface area contributed by atoms with Crippen LogP contribution in [0.15, 0.2) is 0 Å². The maximum absolute atomic E-state index is 13.2. The third-order valence-corrected chi connectivity index (χ3v) is 22.4. The Bertz CT molecular complexity index is 2030. The second-order valence-electron chi connectivity index (χ2n) is 32.2. The summed E-state index contributed by atoms with van der Waals surface area (Å²) in [6.07, 6.45) is 71.1. The van der Waals surface area contributed by atoms with Crippen molar-refractivity contribution in [2.24, 2.45) is 11.8 Å². The molecule has 0 aromatic rings. The summed E-state index contributed by atoms with van der Waals surface area (Å²) in [7, 11) is -9.93. The molecule has 3 N–H and O–H groups in total. The fourth-order valence-corrected chi connectivity index (χ4v) is 15.2. The van der Waals surface area contributed by atoms with Crippen LogP contribution in [0.3, 0.4) is 0 Å². The van der Waals surface area contributed by atoms with E-state index in [1.165, 1.54) is 276 Å². The molecule has 0 aliphatic rings. The van der Waals surface area contributed by atoms with Gasteiger partial charge in [0.1, 0.15) is 19.3 Å². The summed E-state index contributed by atoms with van der Waals surface area (Å²) >= 11 is 0. The molecule has 0 aromatic heterocycles. The molecule has 0 aliphatic carbocycles. The van der Waals surface area contributed by atoms with E-state index >= 15 is 0 Å². The Morgan fingerprint density at radius 2 is 0.434 bits per heavy atom. The second kappa shape index (κ2) is 78.3. The summed E-state index contributed by atoms with van der Waals surface area (Å²) in [6, 6.07) is 0. The van der Waals surface area contributed by atoms with Crippen LogP contribution in [0, 0.1) is 11.8 Å². The van der Waals surface area contributed by atoms with Crippen molar-refractivity contribution >= 4 is 39.5 Å². The van der Waals surface area contributed by atoms with Gasteiger partial charge in [0.15, 0.2) is 12.2 Å². The monoisotopic (exact) mass is 1550 g/mol. The summed E-state index contributed by atoms with van der Waals surface area (Å²) in [5.41, 5.74) is 0. The molecule has 0 spiro atoms. The van der Waals surface area contributed by atoms with Crippen LogP contribution in [0.1, 0.15) is 465 Å². The Hall–Kier alpha value is -1.94. The van der Waals surface area contributed by atoms with E-state index in [1.807, 2.05) is 0 Å². The summed E-state index contributed by atoms with van der Waals surface area (Å²) in [4.78, 5) is 73.2. The van der Waals surface area contributed by atoms with E-state index in [2.05, 4.69) is 41.5 Å². The SMILES string of the molecule is CCCCCCCCCCCCCCCCCCCCCC(=O)OC[C@H](COP(=O)(O)OC[C@@H](O)COP(=O)(O)OC[C@@H](COC(=O)CCCCCCCCC(C)C)OC(=O)CCCCCCCCCCCCCCCCCCC)OC(=O)CCCCCCCCCCCCCCCCCCCCC(C)C. The minimum absolute atomic E-state index is 0.108. The van der Waals surface area contributed by atoms with Crippen LogP contribution in [0.2, 0.25) is 0 Å². The average molecular weight is 1550 g/mol. The highest BCUT2D eigenvalue weighted by Crippen LogP contribution is 2.45. The van der Waals surface area contributed by atoms with Crippen LogP contribution in [-0.4, -0.2) is 96.7 Å².